The van der Waals surface area contributed by atoms with Crippen LogP contribution in [0.5, 0.6) is 0 Å². The van der Waals surface area contributed by atoms with Crippen LogP contribution in [-0.4, -0.2) is 17.9 Å². The van der Waals surface area contributed by atoms with Gasteiger partial charge in [-0.25, -0.2) is 0 Å². The predicted molar refractivity (Wildman–Crippen MR) is 77.5 cm³/mol. The van der Waals surface area contributed by atoms with Gasteiger partial charge in [-0.2, -0.15) is 0 Å². The van der Waals surface area contributed by atoms with Gasteiger partial charge in [-0.15, -0.1) is 11.3 Å². The molecule has 0 spiro atoms. The molecule has 0 aliphatic carbocycles. The molecule has 0 saturated carbocycles. The predicted octanol–water partition coefficient (Wildman–Crippen LogP) is 3.91. The maximum atomic E-state index is 12.3. The highest BCUT2D eigenvalue weighted by Gasteiger charge is 2.20. The van der Waals surface area contributed by atoms with Crippen LogP contribution in [0.2, 0.25) is 0 Å². The topological polar surface area (TPSA) is 33.5 Å². The summed E-state index contributed by atoms with van der Waals surface area (Å²) in [5, 5.41) is 0. The highest BCUT2D eigenvalue weighted by molar-refractivity contribution is 7.14. The molecule has 0 radical (unpaired) electrons. The van der Waals surface area contributed by atoms with Crippen molar-refractivity contribution in [2.24, 2.45) is 0 Å². The fourth-order valence-corrected chi connectivity index (χ4v) is 2.81. The Morgan fingerprint density at radius 3 is 2.58 bits per heavy atom. The molecular formula is C15H19NO2S. The summed E-state index contributed by atoms with van der Waals surface area (Å²) in [7, 11) is 1.79. The van der Waals surface area contributed by atoms with Gasteiger partial charge in [0.25, 0.3) is 5.91 Å². The quantitative estimate of drug-likeness (QED) is 0.852. The van der Waals surface area contributed by atoms with Gasteiger partial charge in [0, 0.05) is 11.9 Å². The SMILES string of the molecule is CN(Cc1ccco1)C(=O)c1ccc(C(C)(C)C)s1. The normalized spacial score (nSPS) is 11.6. The van der Waals surface area contributed by atoms with Crippen LogP contribution >= 0.6 is 11.3 Å². The van der Waals surface area contributed by atoms with Gasteiger partial charge >= 0.3 is 0 Å². The lowest BCUT2D eigenvalue weighted by Crippen LogP contribution is -2.25. The average Bonchev–Trinajstić information content (AvgIpc) is 2.97. The first-order valence-corrected chi connectivity index (χ1v) is 7.08. The van der Waals surface area contributed by atoms with Gasteiger partial charge in [-0.05, 0) is 29.7 Å². The Kier molecular flexibility index (Phi) is 3.80. The van der Waals surface area contributed by atoms with Crippen LogP contribution < -0.4 is 0 Å². The molecule has 0 aromatic carbocycles. The Morgan fingerprint density at radius 1 is 1.32 bits per heavy atom. The van der Waals surface area contributed by atoms with Crippen molar-refractivity contribution >= 4 is 17.2 Å². The Balaban J connectivity index is 2.09. The standard InChI is InChI=1S/C15H19NO2S/c1-15(2,3)13-8-7-12(19-13)14(17)16(4)10-11-6-5-9-18-11/h5-9H,10H2,1-4H3. The fraction of sp³-hybridized carbons (Fsp3) is 0.400. The number of carbonyl (C=O) groups excluding carboxylic acids is 1. The second-order valence-corrected chi connectivity index (χ2v) is 6.74. The molecule has 19 heavy (non-hydrogen) atoms. The van der Waals surface area contributed by atoms with E-state index in [0.717, 1.165) is 10.6 Å². The summed E-state index contributed by atoms with van der Waals surface area (Å²) in [6, 6.07) is 7.65. The number of furan rings is 1. The van der Waals surface area contributed by atoms with Crippen molar-refractivity contribution in [2.45, 2.75) is 32.7 Å². The van der Waals surface area contributed by atoms with E-state index < -0.39 is 0 Å². The van der Waals surface area contributed by atoms with E-state index >= 15 is 0 Å². The molecule has 0 saturated heterocycles. The Hall–Kier alpha value is -1.55. The number of carbonyl (C=O) groups is 1. The van der Waals surface area contributed by atoms with E-state index in [-0.39, 0.29) is 11.3 Å². The van der Waals surface area contributed by atoms with Crippen LogP contribution in [-0.2, 0) is 12.0 Å². The molecule has 0 unspecified atom stereocenters. The zero-order chi connectivity index (χ0) is 14.0. The number of hydrogen-bond acceptors (Lipinski definition) is 3. The average molecular weight is 277 g/mol. The second kappa shape index (κ2) is 5.21. The third kappa shape index (κ3) is 3.26. The largest absolute Gasteiger partial charge is 0.467 e. The summed E-state index contributed by atoms with van der Waals surface area (Å²) in [5.41, 5.74) is 0.0861. The van der Waals surface area contributed by atoms with Gasteiger partial charge in [0.05, 0.1) is 17.7 Å². The molecule has 0 aliphatic rings. The summed E-state index contributed by atoms with van der Waals surface area (Å²) in [4.78, 5) is 16.0. The molecule has 1 amide bonds. The van der Waals surface area contributed by atoms with E-state index in [0.29, 0.717) is 6.54 Å². The number of amides is 1. The Labute approximate surface area is 117 Å². The van der Waals surface area contributed by atoms with E-state index in [9.17, 15) is 4.79 Å². The maximum Gasteiger partial charge on any atom is 0.264 e. The third-order valence-electron chi connectivity index (χ3n) is 2.88. The highest BCUT2D eigenvalue weighted by atomic mass is 32.1. The minimum atomic E-state index is 0.0388. The molecule has 0 atom stereocenters. The van der Waals surface area contributed by atoms with E-state index in [2.05, 4.69) is 20.8 Å². The minimum Gasteiger partial charge on any atom is -0.467 e. The summed E-state index contributed by atoms with van der Waals surface area (Å²) < 4.78 is 5.26. The van der Waals surface area contributed by atoms with Crippen LogP contribution in [0.3, 0.4) is 0 Å². The molecule has 0 N–H and O–H groups in total. The molecule has 2 heterocycles. The lowest BCUT2D eigenvalue weighted by Gasteiger charge is -2.16. The molecule has 0 bridgehead atoms. The minimum absolute atomic E-state index is 0.0388. The monoisotopic (exact) mass is 277 g/mol. The molecule has 3 nitrogen and oxygen atoms in total. The number of nitrogens with zero attached hydrogens (tertiary/aromatic N) is 1. The first kappa shape index (κ1) is 13.9. The first-order valence-electron chi connectivity index (χ1n) is 6.26. The summed E-state index contributed by atoms with van der Waals surface area (Å²) >= 11 is 1.57. The van der Waals surface area contributed by atoms with Crippen molar-refractivity contribution in [3.63, 3.8) is 0 Å². The van der Waals surface area contributed by atoms with Crippen molar-refractivity contribution in [3.8, 4) is 0 Å². The Bertz CT molecular complexity index is 549. The van der Waals surface area contributed by atoms with Crippen molar-refractivity contribution in [2.75, 3.05) is 7.05 Å². The maximum absolute atomic E-state index is 12.3. The van der Waals surface area contributed by atoms with Crippen molar-refractivity contribution in [1.82, 2.24) is 4.90 Å². The van der Waals surface area contributed by atoms with Gasteiger partial charge in [0.15, 0.2) is 0 Å². The second-order valence-electron chi connectivity index (χ2n) is 5.65. The zero-order valence-corrected chi connectivity index (χ0v) is 12.6. The fourth-order valence-electron chi connectivity index (χ4n) is 1.75. The molecule has 4 heteroatoms. The molecule has 102 valence electrons. The van der Waals surface area contributed by atoms with Crippen LogP contribution in [0.4, 0.5) is 0 Å². The van der Waals surface area contributed by atoms with Crippen molar-refractivity contribution in [1.29, 1.82) is 0 Å². The van der Waals surface area contributed by atoms with Gasteiger partial charge in [-0.3, -0.25) is 4.79 Å². The van der Waals surface area contributed by atoms with Crippen LogP contribution in [0, 0.1) is 0 Å². The van der Waals surface area contributed by atoms with Crippen LogP contribution in [0.15, 0.2) is 34.9 Å². The summed E-state index contributed by atoms with van der Waals surface area (Å²) in [6.45, 7) is 6.95. The van der Waals surface area contributed by atoms with E-state index in [1.165, 1.54) is 4.88 Å². The molecule has 2 aromatic rings. The third-order valence-corrected chi connectivity index (χ3v) is 4.37. The van der Waals surface area contributed by atoms with E-state index in [1.807, 2.05) is 24.3 Å². The Morgan fingerprint density at radius 2 is 2.05 bits per heavy atom. The molecule has 0 aliphatic heterocycles. The number of hydrogen-bond donors (Lipinski definition) is 0. The van der Waals surface area contributed by atoms with Crippen LogP contribution in [0.25, 0.3) is 0 Å². The molecule has 0 fully saturated rings. The zero-order valence-electron chi connectivity index (χ0n) is 11.8. The summed E-state index contributed by atoms with van der Waals surface area (Å²) in [6.07, 6.45) is 1.62. The summed E-state index contributed by atoms with van der Waals surface area (Å²) in [5.74, 6) is 0.834. The van der Waals surface area contributed by atoms with Crippen LogP contribution in [0.1, 0.15) is 41.1 Å². The van der Waals surface area contributed by atoms with E-state index in [4.69, 9.17) is 4.42 Å². The van der Waals surface area contributed by atoms with Crippen molar-refractivity contribution < 1.29 is 9.21 Å². The highest BCUT2D eigenvalue weighted by Crippen LogP contribution is 2.30. The van der Waals surface area contributed by atoms with Gasteiger partial charge < -0.3 is 9.32 Å². The lowest BCUT2D eigenvalue weighted by molar-refractivity contribution is 0.0780. The van der Waals surface area contributed by atoms with Gasteiger partial charge in [-0.1, -0.05) is 20.8 Å². The molecular weight excluding hydrogens is 258 g/mol. The molecule has 2 aromatic heterocycles. The number of thiophene rings is 1. The number of rotatable bonds is 3. The lowest BCUT2D eigenvalue weighted by atomic mass is 9.95. The first-order chi connectivity index (χ1) is 8.88. The van der Waals surface area contributed by atoms with Gasteiger partial charge in [0.2, 0.25) is 0 Å². The molecule has 2 rings (SSSR count). The smallest absolute Gasteiger partial charge is 0.264 e. The van der Waals surface area contributed by atoms with Crippen molar-refractivity contribution in [3.05, 3.63) is 46.0 Å². The van der Waals surface area contributed by atoms with Gasteiger partial charge in [0.1, 0.15) is 5.76 Å². The van der Waals surface area contributed by atoms with E-state index in [1.54, 1.807) is 29.5 Å².